The van der Waals surface area contributed by atoms with Gasteiger partial charge in [0.05, 0.1) is 16.6 Å². The van der Waals surface area contributed by atoms with Gasteiger partial charge in [-0.15, -0.1) is 0 Å². The first-order valence-electron chi connectivity index (χ1n) is 5.67. The van der Waals surface area contributed by atoms with Crippen LogP contribution in [0.4, 0.5) is 0 Å². The highest BCUT2D eigenvalue weighted by molar-refractivity contribution is 6.42. The van der Waals surface area contributed by atoms with E-state index in [2.05, 4.69) is 4.99 Å². The zero-order valence-electron chi connectivity index (χ0n) is 9.38. The van der Waals surface area contributed by atoms with E-state index in [0.717, 1.165) is 31.2 Å². The molecule has 1 aliphatic carbocycles. The maximum Gasteiger partial charge on any atom is 0.234 e. The minimum Gasteiger partial charge on any atom is -0.211 e. The SMILES string of the molecule is O=C=NCC1(c2ccc(Cl)c(Cl)c2)CCCC1. The van der Waals surface area contributed by atoms with E-state index in [9.17, 15) is 4.79 Å². The number of rotatable bonds is 3. The minimum absolute atomic E-state index is 0.0500. The summed E-state index contributed by atoms with van der Waals surface area (Å²) in [6.45, 7) is 0.495. The highest BCUT2D eigenvalue weighted by Crippen LogP contribution is 2.42. The maximum atomic E-state index is 10.3. The Morgan fingerprint density at radius 1 is 1.24 bits per heavy atom. The number of carbonyl (C=O) groups excluding carboxylic acids is 1. The van der Waals surface area contributed by atoms with Gasteiger partial charge in [0.15, 0.2) is 0 Å². The van der Waals surface area contributed by atoms with E-state index in [4.69, 9.17) is 23.2 Å². The third-order valence-corrected chi connectivity index (χ3v) is 4.28. The fraction of sp³-hybridized carbons (Fsp3) is 0.462. The Hall–Kier alpha value is -0.820. The second-order valence-corrected chi connectivity index (χ2v) is 5.34. The van der Waals surface area contributed by atoms with Gasteiger partial charge in [0.25, 0.3) is 0 Å². The van der Waals surface area contributed by atoms with Gasteiger partial charge in [-0.1, -0.05) is 42.1 Å². The van der Waals surface area contributed by atoms with E-state index in [1.165, 1.54) is 0 Å². The third-order valence-electron chi connectivity index (χ3n) is 3.54. The highest BCUT2D eigenvalue weighted by atomic mass is 35.5. The summed E-state index contributed by atoms with van der Waals surface area (Å²) < 4.78 is 0. The molecule has 0 unspecified atom stereocenters. The molecule has 17 heavy (non-hydrogen) atoms. The molecule has 1 fully saturated rings. The topological polar surface area (TPSA) is 29.4 Å². The van der Waals surface area contributed by atoms with E-state index in [0.29, 0.717) is 16.6 Å². The molecule has 0 saturated heterocycles. The molecule has 2 rings (SSSR count). The third kappa shape index (κ3) is 2.55. The molecule has 1 saturated carbocycles. The molecule has 4 heteroatoms. The Balaban J connectivity index is 2.38. The Kier molecular flexibility index (Phi) is 3.88. The molecule has 1 aromatic rings. The van der Waals surface area contributed by atoms with Crippen LogP contribution < -0.4 is 0 Å². The summed E-state index contributed by atoms with van der Waals surface area (Å²) in [5.41, 5.74) is 1.08. The molecule has 0 heterocycles. The van der Waals surface area contributed by atoms with Gasteiger partial charge in [-0.3, -0.25) is 0 Å². The molecular formula is C13H13Cl2NO. The normalized spacial score (nSPS) is 17.8. The average molecular weight is 270 g/mol. The van der Waals surface area contributed by atoms with Gasteiger partial charge < -0.3 is 0 Å². The first-order chi connectivity index (χ1) is 8.18. The van der Waals surface area contributed by atoms with Crippen molar-refractivity contribution in [3.8, 4) is 0 Å². The summed E-state index contributed by atoms with van der Waals surface area (Å²) in [7, 11) is 0. The molecular weight excluding hydrogens is 257 g/mol. The van der Waals surface area contributed by atoms with Crippen LogP contribution in [0.25, 0.3) is 0 Å². The van der Waals surface area contributed by atoms with Crippen LogP contribution in [0.2, 0.25) is 10.0 Å². The van der Waals surface area contributed by atoms with Crippen molar-refractivity contribution in [2.45, 2.75) is 31.1 Å². The lowest BCUT2D eigenvalue weighted by Gasteiger charge is -2.27. The van der Waals surface area contributed by atoms with E-state index in [1.54, 1.807) is 6.08 Å². The molecule has 0 atom stereocenters. The van der Waals surface area contributed by atoms with Crippen LogP contribution in [0.15, 0.2) is 23.2 Å². The first-order valence-corrected chi connectivity index (χ1v) is 6.43. The number of nitrogens with zero attached hydrogens (tertiary/aromatic N) is 1. The predicted molar refractivity (Wildman–Crippen MR) is 69.6 cm³/mol. The maximum absolute atomic E-state index is 10.3. The van der Waals surface area contributed by atoms with Crippen LogP contribution in [0.1, 0.15) is 31.2 Å². The second kappa shape index (κ2) is 5.22. The minimum atomic E-state index is -0.0500. The molecule has 1 aromatic carbocycles. The van der Waals surface area contributed by atoms with Gasteiger partial charge in [0.1, 0.15) is 0 Å². The number of hydrogen-bond acceptors (Lipinski definition) is 2. The lowest BCUT2D eigenvalue weighted by atomic mass is 9.79. The Morgan fingerprint density at radius 2 is 1.94 bits per heavy atom. The van der Waals surface area contributed by atoms with Crippen LogP contribution in [0, 0.1) is 0 Å². The monoisotopic (exact) mass is 269 g/mol. The summed E-state index contributed by atoms with van der Waals surface area (Å²) in [6.07, 6.45) is 6.03. The lowest BCUT2D eigenvalue weighted by Crippen LogP contribution is -2.25. The Bertz CT molecular complexity index is 460. The van der Waals surface area contributed by atoms with Crippen LogP contribution in [-0.4, -0.2) is 12.6 Å². The summed E-state index contributed by atoms with van der Waals surface area (Å²) in [5.74, 6) is 0. The van der Waals surface area contributed by atoms with Crippen molar-refractivity contribution in [1.82, 2.24) is 0 Å². The van der Waals surface area contributed by atoms with Crippen molar-refractivity contribution in [2.75, 3.05) is 6.54 Å². The lowest BCUT2D eigenvalue weighted by molar-refractivity contribution is 0.451. The van der Waals surface area contributed by atoms with Crippen LogP contribution in [0.3, 0.4) is 0 Å². The summed E-state index contributed by atoms with van der Waals surface area (Å²) in [4.78, 5) is 14.1. The number of hydrogen-bond donors (Lipinski definition) is 0. The van der Waals surface area contributed by atoms with Crippen molar-refractivity contribution >= 4 is 29.3 Å². The molecule has 0 radical (unpaired) electrons. The molecule has 0 amide bonds. The molecule has 1 aliphatic rings. The van der Waals surface area contributed by atoms with Gasteiger partial charge in [-0.2, -0.15) is 0 Å². The van der Waals surface area contributed by atoms with E-state index in [-0.39, 0.29) is 5.41 Å². The van der Waals surface area contributed by atoms with Crippen molar-refractivity contribution in [3.63, 3.8) is 0 Å². The van der Waals surface area contributed by atoms with Gasteiger partial charge in [0.2, 0.25) is 6.08 Å². The Labute approximate surface area is 111 Å². The van der Waals surface area contributed by atoms with Crippen molar-refractivity contribution in [2.24, 2.45) is 4.99 Å². The van der Waals surface area contributed by atoms with Gasteiger partial charge >= 0.3 is 0 Å². The zero-order chi connectivity index (χ0) is 12.3. The van der Waals surface area contributed by atoms with Gasteiger partial charge in [-0.05, 0) is 30.5 Å². The van der Waals surface area contributed by atoms with Crippen molar-refractivity contribution < 1.29 is 4.79 Å². The average Bonchev–Trinajstić information content (AvgIpc) is 2.80. The van der Waals surface area contributed by atoms with Crippen LogP contribution >= 0.6 is 23.2 Å². The predicted octanol–water partition coefficient (Wildman–Crippen LogP) is 4.14. The standard InChI is InChI=1S/C13H13Cl2NO/c14-11-4-3-10(7-12(11)15)13(8-16-9-17)5-1-2-6-13/h3-4,7H,1-2,5-6,8H2. The number of benzene rings is 1. The molecule has 0 bridgehead atoms. The largest absolute Gasteiger partial charge is 0.234 e. The zero-order valence-corrected chi connectivity index (χ0v) is 10.9. The van der Waals surface area contributed by atoms with E-state index < -0.39 is 0 Å². The molecule has 0 N–H and O–H groups in total. The summed E-state index contributed by atoms with van der Waals surface area (Å²) in [6, 6.07) is 5.69. The number of halogens is 2. The molecule has 2 nitrogen and oxygen atoms in total. The van der Waals surface area contributed by atoms with Crippen LogP contribution in [-0.2, 0) is 10.2 Å². The highest BCUT2D eigenvalue weighted by Gasteiger charge is 2.35. The van der Waals surface area contributed by atoms with Gasteiger partial charge in [0, 0.05) is 5.41 Å². The van der Waals surface area contributed by atoms with E-state index in [1.807, 2.05) is 18.2 Å². The Morgan fingerprint density at radius 3 is 2.53 bits per heavy atom. The molecule has 0 aliphatic heterocycles. The number of aliphatic imine (C=N–C) groups is 1. The van der Waals surface area contributed by atoms with E-state index >= 15 is 0 Å². The smallest absolute Gasteiger partial charge is 0.211 e. The summed E-state index contributed by atoms with van der Waals surface area (Å²) in [5, 5.41) is 1.12. The fourth-order valence-electron chi connectivity index (χ4n) is 2.60. The van der Waals surface area contributed by atoms with Crippen molar-refractivity contribution in [1.29, 1.82) is 0 Å². The fourth-order valence-corrected chi connectivity index (χ4v) is 2.90. The molecule has 0 aromatic heterocycles. The number of isocyanates is 1. The summed E-state index contributed by atoms with van der Waals surface area (Å²) >= 11 is 12.0. The van der Waals surface area contributed by atoms with Gasteiger partial charge in [-0.25, -0.2) is 9.79 Å². The first kappa shape index (κ1) is 12.6. The molecule has 0 spiro atoms. The quantitative estimate of drug-likeness (QED) is 0.599. The van der Waals surface area contributed by atoms with Crippen molar-refractivity contribution in [3.05, 3.63) is 33.8 Å². The molecule has 90 valence electrons. The second-order valence-electron chi connectivity index (χ2n) is 4.52. The van der Waals surface area contributed by atoms with Crippen LogP contribution in [0.5, 0.6) is 0 Å².